The SMILES string of the molecule is CN1CC/C(=N\c2cccc3c2cc(-c2noc(CNC(=O)c4cccc(N(C)C)c4)n2)n3CC(F)(F)F)[C@@H](F)C1. The Kier molecular flexibility index (Phi) is 7.80. The van der Waals surface area contributed by atoms with Crippen LogP contribution in [0, 0.1) is 0 Å². The summed E-state index contributed by atoms with van der Waals surface area (Å²) < 4.78 is 61.9. The topological polar surface area (TPSA) is 91.8 Å². The molecule has 216 valence electrons. The van der Waals surface area contributed by atoms with Gasteiger partial charge in [0.05, 0.1) is 29.2 Å². The van der Waals surface area contributed by atoms with Gasteiger partial charge in [0, 0.05) is 50.2 Å². The van der Waals surface area contributed by atoms with Crippen molar-refractivity contribution in [3.63, 3.8) is 0 Å². The number of halogens is 4. The summed E-state index contributed by atoms with van der Waals surface area (Å²) in [7, 11) is 5.54. The number of likely N-dealkylation sites (tertiary alicyclic amines) is 1. The largest absolute Gasteiger partial charge is 0.406 e. The molecule has 13 heteroatoms. The molecule has 1 aliphatic heterocycles. The van der Waals surface area contributed by atoms with Crippen molar-refractivity contribution in [1.29, 1.82) is 0 Å². The summed E-state index contributed by atoms with van der Waals surface area (Å²) in [5.41, 5.74) is 2.30. The highest BCUT2D eigenvalue weighted by Gasteiger charge is 2.31. The molecule has 3 heterocycles. The second-order valence-corrected chi connectivity index (χ2v) is 10.2. The minimum absolute atomic E-state index is 0.0213. The molecule has 0 spiro atoms. The third-order valence-electron chi connectivity index (χ3n) is 6.83. The van der Waals surface area contributed by atoms with Crippen LogP contribution in [0.3, 0.4) is 0 Å². The first kappa shape index (κ1) is 28.3. The van der Waals surface area contributed by atoms with Crippen molar-refractivity contribution in [2.24, 2.45) is 4.99 Å². The van der Waals surface area contributed by atoms with Gasteiger partial charge in [0.1, 0.15) is 6.54 Å². The molecule has 1 fully saturated rings. The number of hydrogen-bond donors (Lipinski definition) is 1. The van der Waals surface area contributed by atoms with Crippen molar-refractivity contribution in [2.45, 2.75) is 31.9 Å². The van der Waals surface area contributed by atoms with Crippen LogP contribution in [-0.4, -0.2) is 77.8 Å². The highest BCUT2D eigenvalue weighted by Crippen LogP contribution is 2.35. The molecule has 0 aliphatic carbocycles. The Hall–Kier alpha value is -4.26. The van der Waals surface area contributed by atoms with Crippen molar-refractivity contribution in [1.82, 2.24) is 24.9 Å². The van der Waals surface area contributed by atoms with Gasteiger partial charge in [-0.1, -0.05) is 17.3 Å². The van der Waals surface area contributed by atoms with E-state index in [1.165, 1.54) is 6.07 Å². The van der Waals surface area contributed by atoms with E-state index in [9.17, 15) is 22.4 Å². The fourth-order valence-electron chi connectivity index (χ4n) is 4.73. The third-order valence-corrected chi connectivity index (χ3v) is 6.83. The predicted molar refractivity (Wildman–Crippen MR) is 147 cm³/mol. The van der Waals surface area contributed by atoms with Crippen molar-refractivity contribution in [2.75, 3.05) is 39.1 Å². The first-order valence-corrected chi connectivity index (χ1v) is 13.0. The number of benzene rings is 2. The van der Waals surface area contributed by atoms with Gasteiger partial charge in [-0.15, -0.1) is 0 Å². The normalized spacial score (nSPS) is 17.3. The third kappa shape index (κ3) is 6.40. The molecule has 41 heavy (non-hydrogen) atoms. The number of aliphatic imine (C=N–C) groups is 1. The van der Waals surface area contributed by atoms with Crippen LogP contribution in [0.15, 0.2) is 58.0 Å². The zero-order chi connectivity index (χ0) is 29.3. The second kappa shape index (κ2) is 11.3. The van der Waals surface area contributed by atoms with E-state index in [1.807, 2.05) is 37.0 Å². The molecule has 5 rings (SSSR count). The quantitative estimate of drug-likeness (QED) is 0.314. The Morgan fingerprint density at radius 1 is 1.20 bits per heavy atom. The number of anilines is 1. The molecule has 1 atom stereocenters. The number of alkyl halides is 4. The fraction of sp³-hybridized carbons (Fsp3) is 0.357. The molecule has 0 saturated carbocycles. The fourth-order valence-corrected chi connectivity index (χ4v) is 4.73. The smallest absolute Gasteiger partial charge is 0.378 e. The van der Waals surface area contributed by atoms with Gasteiger partial charge in [0.2, 0.25) is 11.7 Å². The van der Waals surface area contributed by atoms with Gasteiger partial charge in [-0.2, -0.15) is 18.2 Å². The Labute approximate surface area is 233 Å². The number of nitrogens with zero attached hydrogens (tertiary/aromatic N) is 6. The van der Waals surface area contributed by atoms with Crippen molar-refractivity contribution in [3.05, 3.63) is 60.0 Å². The summed E-state index contributed by atoms with van der Waals surface area (Å²) in [5, 5.41) is 6.99. The second-order valence-electron chi connectivity index (χ2n) is 10.2. The number of fused-ring (bicyclic) bond motifs is 1. The van der Waals surface area contributed by atoms with Gasteiger partial charge in [0.25, 0.3) is 5.91 Å². The minimum Gasteiger partial charge on any atom is -0.378 e. The Bertz CT molecular complexity index is 1590. The summed E-state index contributed by atoms with van der Waals surface area (Å²) in [6, 6.07) is 13.3. The maximum Gasteiger partial charge on any atom is 0.406 e. The maximum absolute atomic E-state index is 14.7. The lowest BCUT2D eigenvalue weighted by Crippen LogP contribution is -2.39. The summed E-state index contributed by atoms with van der Waals surface area (Å²) >= 11 is 0. The van der Waals surface area contributed by atoms with Gasteiger partial charge in [-0.05, 0) is 43.4 Å². The number of hydrogen-bond acceptors (Lipinski definition) is 7. The van der Waals surface area contributed by atoms with Gasteiger partial charge in [-0.25, -0.2) is 4.39 Å². The van der Waals surface area contributed by atoms with Crippen molar-refractivity contribution in [3.8, 4) is 11.5 Å². The monoisotopic (exact) mass is 571 g/mol. The molecule has 2 aromatic carbocycles. The Morgan fingerprint density at radius 2 is 1.98 bits per heavy atom. The van der Waals surface area contributed by atoms with Crippen LogP contribution in [-0.2, 0) is 13.1 Å². The van der Waals surface area contributed by atoms with E-state index in [4.69, 9.17) is 4.52 Å². The molecule has 1 saturated heterocycles. The van der Waals surface area contributed by atoms with E-state index < -0.39 is 18.9 Å². The summed E-state index contributed by atoms with van der Waals surface area (Å²) in [5.74, 6) is -0.429. The number of rotatable bonds is 7. The molecule has 0 radical (unpaired) electrons. The van der Waals surface area contributed by atoms with Crippen LogP contribution in [0.2, 0.25) is 0 Å². The Balaban J connectivity index is 1.44. The van der Waals surface area contributed by atoms with E-state index in [1.54, 1.807) is 36.4 Å². The zero-order valence-electron chi connectivity index (χ0n) is 22.7. The van der Waals surface area contributed by atoms with Crippen LogP contribution in [0.4, 0.5) is 28.9 Å². The predicted octanol–water partition coefficient (Wildman–Crippen LogP) is 5.00. The summed E-state index contributed by atoms with van der Waals surface area (Å²) in [6.45, 7) is -0.578. The van der Waals surface area contributed by atoms with Crippen LogP contribution < -0.4 is 10.2 Å². The number of carbonyl (C=O) groups excluding carboxylic acids is 1. The first-order valence-electron chi connectivity index (χ1n) is 13.0. The summed E-state index contributed by atoms with van der Waals surface area (Å²) in [6.07, 6.45) is -5.38. The van der Waals surface area contributed by atoms with E-state index in [0.717, 1.165) is 10.3 Å². The minimum atomic E-state index is -4.54. The highest BCUT2D eigenvalue weighted by molar-refractivity contribution is 5.99. The van der Waals surface area contributed by atoms with E-state index in [0.29, 0.717) is 35.3 Å². The van der Waals surface area contributed by atoms with Gasteiger partial charge in [0.15, 0.2) is 6.17 Å². The number of aromatic nitrogens is 3. The maximum atomic E-state index is 14.7. The molecule has 0 unspecified atom stereocenters. The van der Waals surface area contributed by atoms with Gasteiger partial charge >= 0.3 is 6.18 Å². The number of piperidine rings is 1. The number of carbonyl (C=O) groups is 1. The van der Waals surface area contributed by atoms with E-state index >= 15 is 0 Å². The van der Waals surface area contributed by atoms with Crippen molar-refractivity contribution < 1.29 is 26.9 Å². The lowest BCUT2D eigenvalue weighted by molar-refractivity contribution is -0.139. The standard InChI is InChI=1S/C28H29F4N7O2/c1-37(2)18-7-4-6-17(12-18)27(40)33-14-25-35-26(36-41-25)24-13-19-21(34-22-10-11-38(3)15-20(22)29)8-5-9-23(19)39(24)16-28(30,31)32/h4-9,12-13,20H,10-11,14-16H2,1-3H3,(H,33,40)/b34-22+/t20-/m0/s1. The number of amides is 1. The van der Waals surface area contributed by atoms with Crippen LogP contribution >= 0.6 is 0 Å². The highest BCUT2D eigenvalue weighted by atomic mass is 19.4. The molecule has 0 bridgehead atoms. The van der Waals surface area contributed by atoms with E-state index in [-0.39, 0.29) is 41.9 Å². The summed E-state index contributed by atoms with van der Waals surface area (Å²) in [4.78, 5) is 25.1. The van der Waals surface area contributed by atoms with Gasteiger partial charge < -0.3 is 24.2 Å². The lowest BCUT2D eigenvalue weighted by Gasteiger charge is -2.26. The van der Waals surface area contributed by atoms with Crippen LogP contribution in [0.5, 0.6) is 0 Å². The first-order chi connectivity index (χ1) is 19.5. The van der Waals surface area contributed by atoms with Gasteiger partial charge in [-0.3, -0.25) is 9.79 Å². The molecule has 4 aromatic rings. The molecule has 2 aromatic heterocycles. The Morgan fingerprint density at radius 3 is 2.71 bits per heavy atom. The van der Waals surface area contributed by atoms with Crippen molar-refractivity contribution >= 4 is 33.9 Å². The lowest BCUT2D eigenvalue weighted by atomic mass is 10.1. The van der Waals surface area contributed by atoms with Crippen LogP contribution in [0.1, 0.15) is 22.7 Å². The number of nitrogens with one attached hydrogen (secondary N) is 1. The zero-order valence-corrected chi connectivity index (χ0v) is 22.7. The molecular weight excluding hydrogens is 542 g/mol. The molecule has 1 amide bonds. The molecule has 1 N–H and O–H groups in total. The van der Waals surface area contributed by atoms with Crippen LogP contribution in [0.25, 0.3) is 22.4 Å². The average molecular weight is 572 g/mol. The van der Waals surface area contributed by atoms with E-state index in [2.05, 4.69) is 20.4 Å². The molecule has 9 nitrogen and oxygen atoms in total. The molecule has 1 aliphatic rings. The average Bonchev–Trinajstić information content (AvgIpc) is 3.53. The molecular formula is C28H29F4N7O2.